The topological polar surface area (TPSA) is 63.3 Å². The van der Waals surface area contributed by atoms with Crippen LogP contribution in [0.2, 0.25) is 0 Å². The first kappa shape index (κ1) is 14.7. The number of rotatable bonds is 2. The Morgan fingerprint density at radius 3 is 2.50 bits per heavy atom. The Bertz CT molecular complexity index is 674. The molecule has 1 heterocycles. The van der Waals surface area contributed by atoms with Gasteiger partial charge in [-0.1, -0.05) is 20.8 Å². The predicted molar refractivity (Wildman–Crippen MR) is 75.3 cm³/mol. The molecule has 20 heavy (non-hydrogen) atoms. The fourth-order valence-electron chi connectivity index (χ4n) is 1.73. The van der Waals surface area contributed by atoms with Crippen LogP contribution < -0.4 is 0 Å². The Hall–Kier alpha value is -1.69. The second-order valence-electron chi connectivity index (χ2n) is 5.38. The summed E-state index contributed by atoms with van der Waals surface area (Å²) < 4.78 is 19.1. The molecule has 1 N–H and O–H groups in total. The fourth-order valence-corrected chi connectivity index (χ4v) is 1.97. The van der Waals surface area contributed by atoms with Gasteiger partial charge in [-0.3, -0.25) is 0 Å². The van der Waals surface area contributed by atoms with Gasteiger partial charge in [0.05, 0.1) is 4.47 Å². The van der Waals surface area contributed by atoms with Gasteiger partial charge in [-0.15, -0.1) is 0 Å². The Labute approximate surface area is 123 Å². The Morgan fingerprint density at radius 2 is 2.05 bits per heavy atom. The summed E-state index contributed by atoms with van der Waals surface area (Å²) in [6.07, 6.45) is 0. The van der Waals surface area contributed by atoms with Crippen molar-refractivity contribution in [3.63, 3.8) is 0 Å². The number of carboxylic acids is 1. The standard InChI is InChI=1S/C14H13BrFNO3/c1-14(2,3)11-10(13(18)19)20-12(17-11)7-4-5-8(15)9(16)6-7/h4-6H,1-3H3,(H,18,19). The van der Waals surface area contributed by atoms with E-state index < -0.39 is 17.2 Å². The molecule has 0 aliphatic carbocycles. The van der Waals surface area contributed by atoms with Gasteiger partial charge < -0.3 is 9.52 Å². The van der Waals surface area contributed by atoms with Crippen molar-refractivity contribution in [2.75, 3.05) is 0 Å². The monoisotopic (exact) mass is 341 g/mol. The molecule has 1 aromatic carbocycles. The van der Waals surface area contributed by atoms with Gasteiger partial charge in [0.15, 0.2) is 0 Å². The van der Waals surface area contributed by atoms with Crippen LogP contribution in [0.1, 0.15) is 37.0 Å². The van der Waals surface area contributed by atoms with Crippen LogP contribution in [0, 0.1) is 5.82 Å². The van der Waals surface area contributed by atoms with Crippen LogP contribution in [0.25, 0.3) is 11.5 Å². The van der Waals surface area contributed by atoms with Crippen LogP contribution in [0.4, 0.5) is 4.39 Å². The zero-order chi connectivity index (χ0) is 15.1. The molecular formula is C14H13BrFNO3. The largest absolute Gasteiger partial charge is 0.475 e. The number of hydrogen-bond donors (Lipinski definition) is 1. The average Bonchev–Trinajstić information content (AvgIpc) is 2.77. The molecule has 0 bridgehead atoms. The van der Waals surface area contributed by atoms with E-state index in [2.05, 4.69) is 20.9 Å². The minimum absolute atomic E-state index is 0.0960. The summed E-state index contributed by atoms with van der Waals surface area (Å²) in [5, 5.41) is 9.17. The molecule has 2 aromatic rings. The predicted octanol–water partition coefficient (Wildman–Crippen LogP) is 4.24. The summed E-state index contributed by atoms with van der Waals surface area (Å²) in [7, 11) is 0. The van der Waals surface area contributed by atoms with E-state index in [1.54, 1.807) is 6.07 Å². The van der Waals surface area contributed by atoms with Crippen LogP contribution in [-0.4, -0.2) is 16.1 Å². The van der Waals surface area contributed by atoms with E-state index in [9.17, 15) is 14.3 Å². The average molecular weight is 342 g/mol. The third-order valence-electron chi connectivity index (χ3n) is 2.70. The van der Waals surface area contributed by atoms with Gasteiger partial charge in [-0.05, 0) is 34.1 Å². The lowest BCUT2D eigenvalue weighted by Crippen LogP contribution is -2.16. The SMILES string of the molecule is CC(C)(C)c1nc(-c2ccc(Br)c(F)c2)oc1C(=O)O. The van der Waals surface area contributed by atoms with Crippen molar-refractivity contribution in [3.8, 4) is 11.5 Å². The molecule has 4 nitrogen and oxygen atoms in total. The Balaban J connectivity index is 2.58. The quantitative estimate of drug-likeness (QED) is 0.887. The van der Waals surface area contributed by atoms with E-state index in [1.807, 2.05) is 20.8 Å². The summed E-state index contributed by atoms with van der Waals surface area (Å²) in [6.45, 7) is 5.51. The molecule has 0 aliphatic rings. The Kier molecular flexibility index (Phi) is 3.69. The maximum Gasteiger partial charge on any atom is 0.373 e. The molecule has 0 radical (unpaired) electrons. The van der Waals surface area contributed by atoms with Crippen LogP contribution in [0.5, 0.6) is 0 Å². The van der Waals surface area contributed by atoms with Crippen molar-refractivity contribution in [2.45, 2.75) is 26.2 Å². The molecule has 0 spiro atoms. The lowest BCUT2D eigenvalue weighted by atomic mass is 9.91. The first-order valence-electron chi connectivity index (χ1n) is 5.90. The minimum atomic E-state index is -1.19. The van der Waals surface area contributed by atoms with Gasteiger partial charge in [0.2, 0.25) is 11.7 Å². The van der Waals surface area contributed by atoms with E-state index in [4.69, 9.17) is 4.42 Å². The summed E-state index contributed by atoms with van der Waals surface area (Å²) in [5.74, 6) is -1.77. The molecule has 0 fully saturated rings. The number of benzene rings is 1. The molecule has 0 aliphatic heterocycles. The molecule has 0 saturated heterocycles. The summed E-state index contributed by atoms with van der Waals surface area (Å²) in [6, 6.07) is 4.37. The van der Waals surface area contributed by atoms with Crippen molar-refractivity contribution in [2.24, 2.45) is 0 Å². The van der Waals surface area contributed by atoms with Crippen LogP contribution in [-0.2, 0) is 5.41 Å². The van der Waals surface area contributed by atoms with E-state index in [0.29, 0.717) is 15.7 Å². The van der Waals surface area contributed by atoms with Crippen molar-refractivity contribution >= 4 is 21.9 Å². The fraction of sp³-hybridized carbons (Fsp3) is 0.286. The second kappa shape index (κ2) is 5.01. The smallest absolute Gasteiger partial charge is 0.373 e. The lowest BCUT2D eigenvalue weighted by Gasteiger charge is -2.14. The number of aromatic nitrogens is 1. The van der Waals surface area contributed by atoms with E-state index in [1.165, 1.54) is 12.1 Å². The van der Waals surface area contributed by atoms with Crippen molar-refractivity contribution in [1.29, 1.82) is 0 Å². The van der Waals surface area contributed by atoms with E-state index in [0.717, 1.165) is 0 Å². The maximum atomic E-state index is 13.5. The van der Waals surface area contributed by atoms with Gasteiger partial charge in [-0.25, -0.2) is 14.2 Å². The summed E-state index contributed by atoms with van der Waals surface area (Å²) in [4.78, 5) is 15.4. The molecule has 6 heteroatoms. The number of halogens is 2. The van der Waals surface area contributed by atoms with Gasteiger partial charge >= 0.3 is 5.97 Å². The molecular weight excluding hydrogens is 329 g/mol. The number of hydrogen-bond acceptors (Lipinski definition) is 3. The molecule has 1 aromatic heterocycles. The highest BCUT2D eigenvalue weighted by Crippen LogP contribution is 2.31. The number of oxazole rings is 1. The highest BCUT2D eigenvalue weighted by molar-refractivity contribution is 9.10. The van der Waals surface area contributed by atoms with Gasteiger partial charge in [0.25, 0.3) is 0 Å². The Morgan fingerprint density at radius 1 is 1.40 bits per heavy atom. The summed E-state index contributed by atoms with van der Waals surface area (Å²) in [5.41, 5.74) is 0.246. The van der Waals surface area contributed by atoms with Crippen LogP contribution in [0.3, 0.4) is 0 Å². The van der Waals surface area contributed by atoms with Crippen LogP contribution in [0.15, 0.2) is 27.1 Å². The molecule has 2 rings (SSSR count). The number of aromatic carboxylic acids is 1. The van der Waals surface area contributed by atoms with Crippen molar-refractivity contribution in [1.82, 2.24) is 4.98 Å². The van der Waals surface area contributed by atoms with Crippen molar-refractivity contribution in [3.05, 3.63) is 39.9 Å². The van der Waals surface area contributed by atoms with Crippen LogP contribution >= 0.6 is 15.9 Å². The third kappa shape index (κ3) is 2.75. The first-order chi connectivity index (χ1) is 9.20. The second-order valence-corrected chi connectivity index (χ2v) is 6.24. The number of carboxylic acid groups (broad SMARTS) is 1. The van der Waals surface area contributed by atoms with E-state index in [-0.39, 0.29) is 11.7 Å². The zero-order valence-electron chi connectivity index (χ0n) is 11.2. The third-order valence-corrected chi connectivity index (χ3v) is 3.34. The molecule has 0 amide bonds. The highest BCUT2D eigenvalue weighted by Gasteiger charge is 2.29. The van der Waals surface area contributed by atoms with Crippen molar-refractivity contribution < 1.29 is 18.7 Å². The van der Waals surface area contributed by atoms with Gasteiger partial charge in [0, 0.05) is 11.0 Å². The molecule has 0 saturated carbocycles. The van der Waals surface area contributed by atoms with Gasteiger partial charge in [0.1, 0.15) is 11.5 Å². The number of carbonyl (C=O) groups is 1. The van der Waals surface area contributed by atoms with Gasteiger partial charge in [-0.2, -0.15) is 0 Å². The first-order valence-corrected chi connectivity index (χ1v) is 6.69. The summed E-state index contributed by atoms with van der Waals surface area (Å²) >= 11 is 3.06. The minimum Gasteiger partial charge on any atom is -0.475 e. The molecule has 106 valence electrons. The zero-order valence-corrected chi connectivity index (χ0v) is 12.8. The highest BCUT2D eigenvalue weighted by atomic mass is 79.9. The van der Waals surface area contributed by atoms with E-state index >= 15 is 0 Å². The maximum absolute atomic E-state index is 13.5. The molecule has 0 unspecified atom stereocenters. The number of nitrogens with zero attached hydrogens (tertiary/aromatic N) is 1. The molecule has 0 atom stereocenters. The normalized spacial score (nSPS) is 11.7. The lowest BCUT2D eigenvalue weighted by molar-refractivity contribution is 0.0659.